The molecule has 2 aliphatic heterocycles. The molecule has 2 fully saturated rings. The second-order valence-electron chi connectivity index (χ2n) is 6.05. The Morgan fingerprint density at radius 2 is 2.08 bits per heavy atom. The number of nitrogens with zero attached hydrogens (tertiary/aromatic N) is 3. The van der Waals surface area contributed by atoms with Crippen LogP contribution in [0.4, 0.5) is 0 Å². The monoisotopic (exact) mass is 389 g/mol. The van der Waals surface area contributed by atoms with Crippen molar-refractivity contribution >= 4 is 39.1 Å². The molecule has 24 heavy (non-hydrogen) atoms. The van der Waals surface area contributed by atoms with E-state index in [1.165, 1.54) is 11.8 Å². The number of hydrogen-bond donors (Lipinski definition) is 0. The molecule has 6 nitrogen and oxygen atoms in total. The zero-order valence-electron chi connectivity index (χ0n) is 13.2. The molecule has 1 aromatic rings. The minimum Gasteiger partial charge on any atom is -0.339 e. The lowest BCUT2D eigenvalue weighted by atomic mass is 10.2. The summed E-state index contributed by atoms with van der Waals surface area (Å²) < 4.78 is 23.2. The Bertz CT molecular complexity index is 706. The SMILES string of the molecule is O=C(CSc1ncccc1Cl)N1CCN([C@@H]2CCS(=O)(=O)C2)CC1. The summed E-state index contributed by atoms with van der Waals surface area (Å²) in [6, 6.07) is 3.64. The van der Waals surface area contributed by atoms with Crippen LogP contribution in [0, 0.1) is 0 Å². The summed E-state index contributed by atoms with van der Waals surface area (Å²) in [7, 11) is -2.86. The van der Waals surface area contributed by atoms with Gasteiger partial charge >= 0.3 is 0 Å². The molecular weight excluding hydrogens is 370 g/mol. The van der Waals surface area contributed by atoms with Gasteiger partial charge in [-0.05, 0) is 18.6 Å². The van der Waals surface area contributed by atoms with Gasteiger partial charge in [-0.3, -0.25) is 9.69 Å². The van der Waals surface area contributed by atoms with Crippen LogP contribution in [0.15, 0.2) is 23.4 Å². The zero-order valence-corrected chi connectivity index (χ0v) is 15.6. The van der Waals surface area contributed by atoms with Gasteiger partial charge in [0.2, 0.25) is 5.91 Å². The van der Waals surface area contributed by atoms with Gasteiger partial charge in [0.15, 0.2) is 9.84 Å². The molecule has 1 amide bonds. The van der Waals surface area contributed by atoms with Gasteiger partial charge in [0.25, 0.3) is 0 Å². The van der Waals surface area contributed by atoms with E-state index < -0.39 is 9.84 Å². The minimum absolute atomic E-state index is 0.0698. The molecular formula is C15H20ClN3O3S2. The van der Waals surface area contributed by atoms with Crippen molar-refractivity contribution in [2.75, 3.05) is 43.4 Å². The third-order valence-corrected chi connectivity index (χ3v) is 7.61. The van der Waals surface area contributed by atoms with Crippen molar-refractivity contribution in [3.63, 3.8) is 0 Å². The smallest absolute Gasteiger partial charge is 0.233 e. The zero-order chi connectivity index (χ0) is 17.2. The second-order valence-corrected chi connectivity index (χ2v) is 9.65. The van der Waals surface area contributed by atoms with Crippen LogP contribution in [0.25, 0.3) is 0 Å². The van der Waals surface area contributed by atoms with Crippen molar-refractivity contribution in [3.05, 3.63) is 23.4 Å². The summed E-state index contributed by atoms with van der Waals surface area (Å²) in [5.74, 6) is 0.933. The molecule has 3 heterocycles. The summed E-state index contributed by atoms with van der Waals surface area (Å²) in [6.45, 7) is 2.76. The molecule has 1 aromatic heterocycles. The van der Waals surface area contributed by atoms with Crippen molar-refractivity contribution < 1.29 is 13.2 Å². The normalized spacial score (nSPS) is 24.2. The van der Waals surface area contributed by atoms with E-state index in [2.05, 4.69) is 9.88 Å². The van der Waals surface area contributed by atoms with E-state index >= 15 is 0 Å². The summed E-state index contributed by atoms with van der Waals surface area (Å²) >= 11 is 7.39. The number of amides is 1. The Labute approximate surface area is 151 Å². The number of hydrogen-bond acceptors (Lipinski definition) is 6. The lowest BCUT2D eigenvalue weighted by molar-refractivity contribution is -0.130. The lowest BCUT2D eigenvalue weighted by Gasteiger charge is -2.37. The molecule has 0 spiro atoms. The molecule has 1 atom stereocenters. The molecule has 2 aliphatic rings. The second kappa shape index (κ2) is 7.59. The fourth-order valence-electron chi connectivity index (χ4n) is 3.10. The Kier molecular flexibility index (Phi) is 5.69. The third-order valence-electron chi connectivity index (χ3n) is 4.45. The highest BCUT2D eigenvalue weighted by Crippen LogP contribution is 2.25. The fraction of sp³-hybridized carbons (Fsp3) is 0.600. The topological polar surface area (TPSA) is 70.6 Å². The van der Waals surface area contributed by atoms with Crippen molar-refractivity contribution in [3.8, 4) is 0 Å². The Hall–Kier alpha value is -0.830. The average molecular weight is 390 g/mol. The number of pyridine rings is 1. The third kappa shape index (κ3) is 4.41. The number of halogens is 1. The summed E-state index contributed by atoms with van der Waals surface area (Å²) in [5.41, 5.74) is 0. The van der Waals surface area contributed by atoms with E-state index in [1.54, 1.807) is 18.3 Å². The first-order chi connectivity index (χ1) is 11.4. The number of piperazine rings is 1. The highest BCUT2D eigenvalue weighted by Gasteiger charge is 2.34. The molecule has 0 radical (unpaired) electrons. The summed E-state index contributed by atoms with van der Waals surface area (Å²) in [6.07, 6.45) is 2.37. The Morgan fingerprint density at radius 1 is 1.33 bits per heavy atom. The first-order valence-electron chi connectivity index (χ1n) is 7.90. The van der Waals surface area contributed by atoms with E-state index in [9.17, 15) is 13.2 Å². The fourth-order valence-corrected chi connectivity index (χ4v) is 5.93. The molecule has 2 saturated heterocycles. The minimum atomic E-state index is -2.86. The largest absolute Gasteiger partial charge is 0.339 e. The number of thioether (sulfide) groups is 1. The van der Waals surface area contributed by atoms with E-state index in [-0.39, 0.29) is 23.5 Å². The van der Waals surface area contributed by atoms with Crippen molar-refractivity contribution in [2.45, 2.75) is 17.5 Å². The maximum absolute atomic E-state index is 12.3. The van der Waals surface area contributed by atoms with Crippen LogP contribution >= 0.6 is 23.4 Å². The van der Waals surface area contributed by atoms with Gasteiger partial charge in [0.05, 0.1) is 22.3 Å². The van der Waals surface area contributed by atoms with E-state index in [4.69, 9.17) is 11.6 Å². The van der Waals surface area contributed by atoms with Crippen LogP contribution in [0.2, 0.25) is 5.02 Å². The first kappa shape index (κ1) is 18.0. The molecule has 3 rings (SSSR count). The summed E-state index contributed by atoms with van der Waals surface area (Å²) in [4.78, 5) is 20.5. The Balaban J connectivity index is 1.46. The highest BCUT2D eigenvalue weighted by molar-refractivity contribution is 8.00. The van der Waals surface area contributed by atoms with E-state index in [0.29, 0.717) is 35.3 Å². The van der Waals surface area contributed by atoms with Crippen LogP contribution in [0.5, 0.6) is 0 Å². The maximum atomic E-state index is 12.3. The molecule has 0 unspecified atom stereocenters. The standard InChI is InChI=1S/C15H20ClN3O3S2/c16-13-2-1-4-17-15(13)23-10-14(20)19-7-5-18(6-8-19)12-3-9-24(21,22)11-12/h1-2,4,12H,3,5-11H2/t12-/m1/s1. The van der Waals surface area contributed by atoms with Gasteiger partial charge in [0.1, 0.15) is 5.03 Å². The molecule has 0 saturated carbocycles. The van der Waals surface area contributed by atoms with Gasteiger partial charge in [-0.25, -0.2) is 13.4 Å². The predicted octanol–water partition coefficient (Wildman–Crippen LogP) is 1.16. The van der Waals surface area contributed by atoms with Crippen molar-refractivity contribution in [1.29, 1.82) is 0 Å². The van der Waals surface area contributed by atoms with Gasteiger partial charge in [-0.2, -0.15) is 0 Å². The van der Waals surface area contributed by atoms with Gasteiger partial charge < -0.3 is 4.90 Å². The van der Waals surface area contributed by atoms with Crippen LogP contribution in [-0.2, 0) is 14.6 Å². The number of sulfone groups is 1. The number of carbonyl (C=O) groups excluding carboxylic acids is 1. The highest BCUT2D eigenvalue weighted by atomic mass is 35.5. The van der Waals surface area contributed by atoms with Crippen LogP contribution in [-0.4, -0.2) is 78.6 Å². The van der Waals surface area contributed by atoms with Gasteiger partial charge in [-0.15, -0.1) is 0 Å². The van der Waals surface area contributed by atoms with Crippen molar-refractivity contribution in [2.24, 2.45) is 0 Å². The van der Waals surface area contributed by atoms with Crippen LogP contribution in [0.3, 0.4) is 0 Å². The molecule has 0 bridgehead atoms. The molecule has 0 aliphatic carbocycles. The average Bonchev–Trinajstić information content (AvgIpc) is 2.94. The predicted molar refractivity (Wildman–Crippen MR) is 95.2 cm³/mol. The van der Waals surface area contributed by atoms with Gasteiger partial charge in [-0.1, -0.05) is 23.4 Å². The van der Waals surface area contributed by atoms with Crippen LogP contribution < -0.4 is 0 Å². The number of carbonyl (C=O) groups is 1. The molecule has 0 N–H and O–H groups in total. The number of rotatable bonds is 4. The summed E-state index contributed by atoms with van der Waals surface area (Å²) in [5, 5.41) is 1.23. The molecule has 0 aromatic carbocycles. The Morgan fingerprint density at radius 3 is 2.71 bits per heavy atom. The lowest BCUT2D eigenvalue weighted by Crippen LogP contribution is -2.52. The number of aromatic nitrogens is 1. The van der Waals surface area contributed by atoms with E-state index in [0.717, 1.165) is 13.1 Å². The van der Waals surface area contributed by atoms with Gasteiger partial charge in [0, 0.05) is 38.4 Å². The van der Waals surface area contributed by atoms with E-state index in [1.807, 2.05) is 4.90 Å². The molecule has 9 heteroatoms. The quantitative estimate of drug-likeness (QED) is 0.719. The van der Waals surface area contributed by atoms with Crippen LogP contribution in [0.1, 0.15) is 6.42 Å². The first-order valence-corrected chi connectivity index (χ1v) is 11.1. The maximum Gasteiger partial charge on any atom is 0.233 e. The molecule has 132 valence electrons. The van der Waals surface area contributed by atoms with Crippen molar-refractivity contribution in [1.82, 2.24) is 14.8 Å².